The summed E-state index contributed by atoms with van der Waals surface area (Å²) in [6, 6.07) is 15.7. The predicted molar refractivity (Wildman–Crippen MR) is 124 cm³/mol. The molecule has 3 aromatic rings. The van der Waals surface area contributed by atoms with Crippen LogP contribution in [0.5, 0.6) is 5.75 Å². The van der Waals surface area contributed by atoms with Gasteiger partial charge in [-0.1, -0.05) is 6.07 Å². The predicted octanol–water partition coefficient (Wildman–Crippen LogP) is 4.60. The van der Waals surface area contributed by atoms with Crippen LogP contribution in [0.25, 0.3) is 0 Å². The normalized spacial score (nSPS) is 18.2. The van der Waals surface area contributed by atoms with Crippen molar-refractivity contribution in [3.8, 4) is 5.75 Å². The number of anilines is 2. The Morgan fingerprint density at radius 1 is 1.27 bits per heavy atom. The van der Waals surface area contributed by atoms with Gasteiger partial charge in [-0.05, 0) is 61.6 Å². The quantitative estimate of drug-likeness (QED) is 0.568. The molecule has 4 rings (SSSR count). The lowest BCUT2D eigenvalue weighted by molar-refractivity contribution is -0.114. The molecule has 1 amide bonds. The van der Waals surface area contributed by atoms with Crippen LogP contribution >= 0.6 is 23.6 Å². The van der Waals surface area contributed by atoms with E-state index >= 15 is 0 Å². The molecule has 1 fully saturated rings. The molecule has 1 aliphatic rings. The molecule has 1 aromatic carbocycles. The minimum absolute atomic E-state index is 0.0651. The fourth-order valence-corrected chi connectivity index (χ4v) is 5.02. The van der Waals surface area contributed by atoms with E-state index in [0.29, 0.717) is 16.5 Å². The molecule has 3 heterocycles. The molecule has 0 bridgehead atoms. The molecule has 2 aromatic heterocycles. The summed E-state index contributed by atoms with van der Waals surface area (Å²) in [7, 11) is 1.58. The number of aromatic nitrogens is 1. The number of hydrogen-bond acceptors (Lipinski definition) is 5. The molecular weight excluding hydrogens is 416 g/mol. The summed E-state index contributed by atoms with van der Waals surface area (Å²) in [5.74, 6) is 0.432. The van der Waals surface area contributed by atoms with E-state index in [1.54, 1.807) is 24.6 Å². The molecule has 2 N–H and O–H groups in total. The van der Waals surface area contributed by atoms with Crippen LogP contribution in [0.4, 0.5) is 11.4 Å². The maximum absolute atomic E-state index is 11.7. The maximum Gasteiger partial charge on any atom is 0.221 e. The van der Waals surface area contributed by atoms with Gasteiger partial charge in [-0.3, -0.25) is 9.78 Å². The number of benzene rings is 1. The minimum atomic E-state index is -0.163. The number of carbonyl (C=O) groups excluding carboxylic acids is 1. The summed E-state index contributed by atoms with van der Waals surface area (Å²) in [5.41, 5.74) is 2.40. The smallest absolute Gasteiger partial charge is 0.221 e. The van der Waals surface area contributed by atoms with E-state index in [1.165, 1.54) is 16.7 Å². The summed E-state index contributed by atoms with van der Waals surface area (Å²) >= 11 is 7.49. The van der Waals surface area contributed by atoms with Gasteiger partial charge in [-0.25, -0.2) is 0 Å². The largest absolute Gasteiger partial charge is 0.495 e. The molecule has 30 heavy (non-hydrogen) atoms. The van der Waals surface area contributed by atoms with Crippen LogP contribution in [0.3, 0.4) is 0 Å². The number of nitrogens with zero attached hydrogens (tertiary/aromatic N) is 2. The van der Waals surface area contributed by atoms with Crippen molar-refractivity contribution in [3.05, 3.63) is 70.2 Å². The van der Waals surface area contributed by atoms with Gasteiger partial charge in [-0.15, -0.1) is 11.3 Å². The van der Waals surface area contributed by atoms with Crippen molar-refractivity contribution < 1.29 is 9.53 Å². The van der Waals surface area contributed by atoms with Crippen molar-refractivity contribution in [1.29, 1.82) is 0 Å². The first-order chi connectivity index (χ1) is 14.5. The van der Waals surface area contributed by atoms with Crippen molar-refractivity contribution in [2.45, 2.75) is 25.9 Å². The highest BCUT2D eigenvalue weighted by Crippen LogP contribution is 2.44. The first-order valence-electron chi connectivity index (χ1n) is 9.50. The number of aryl methyl sites for hydroxylation is 1. The topological polar surface area (TPSA) is 66.5 Å². The van der Waals surface area contributed by atoms with Gasteiger partial charge < -0.3 is 20.3 Å². The zero-order valence-electron chi connectivity index (χ0n) is 16.9. The second-order valence-corrected chi connectivity index (χ2v) is 8.72. The number of methoxy groups -OCH3 is 1. The summed E-state index contributed by atoms with van der Waals surface area (Å²) in [6.45, 7) is 3.57. The van der Waals surface area contributed by atoms with Crippen LogP contribution in [-0.4, -0.2) is 23.1 Å². The zero-order valence-corrected chi connectivity index (χ0v) is 18.5. The number of nitrogens with one attached hydrogen (secondary N) is 2. The van der Waals surface area contributed by atoms with Crippen molar-refractivity contribution in [2.75, 3.05) is 17.3 Å². The Balaban J connectivity index is 1.81. The SMILES string of the molecule is COc1ccc(N2C(=S)N[C@H](c3ccccn3)[C@H]2c2ccc(C)s2)cc1NC(C)=O. The third kappa shape index (κ3) is 3.88. The molecule has 0 radical (unpaired) electrons. The van der Waals surface area contributed by atoms with E-state index < -0.39 is 0 Å². The minimum Gasteiger partial charge on any atom is -0.495 e. The van der Waals surface area contributed by atoms with Crippen molar-refractivity contribution in [2.24, 2.45) is 0 Å². The number of amides is 1. The number of thiophene rings is 1. The van der Waals surface area contributed by atoms with E-state index in [4.69, 9.17) is 17.0 Å². The first kappa shape index (κ1) is 20.3. The van der Waals surface area contributed by atoms with Gasteiger partial charge in [-0.2, -0.15) is 0 Å². The Bertz CT molecular complexity index is 1080. The zero-order chi connectivity index (χ0) is 21.3. The lowest BCUT2D eigenvalue weighted by Gasteiger charge is -2.27. The highest BCUT2D eigenvalue weighted by molar-refractivity contribution is 7.80. The van der Waals surface area contributed by atoms with Gasteiger partial charge in [0, 0.05) is 28.6 Å². The molecule has 6 nitrogen and oxygen atoms in total. The number of hydrogen-bond donors (Lipinski definition) is 2. The molecule has 154 valence electrons. The molecule has 8 heteroatoms. The summed E-state index contributed by atoms with van der Waals surface area (Å²) in [6.07, 6.45) is 1.79. The van der Waals surface area contributed by atoms with E-state index in [2.05, 4.69) is 39.6 Å². The first-order valence-corrected chi connectivity index (χ1v) is 10.7. The van der Waals surface area contributed by atoms with E-state index in [9.17, 15) is 4.79 Å². The highest BCUT2D eigenvalue weighted by Gasteiger charge is 2.41. The number of ether oxygens (including phenoxy) is 1. The molecule has 1 saturated heterocycles. The molecule has 2 atom stereocenters. The van der Waals surface area contributed by atoms with Crippen LogP contribution in [-0.2, 0) is 4.79 Å². The van der Waals surface area contributed by atoms with E-state index in [0.717, 1.165) is 11.4 Å². The van der Waals surface area contributed by atoms with Gasteiger partial charge in [0.15, 0.2) is 5.11 Å². The fourth-order valence-electron chi connectivity index (χ4n) is 3.67. The maximum atomic E-state index is 11.7. The Morgan fingerprint density at radius 2 is 2.10 bits per heavy atom. The second kappa shape index (κ2) is 8.41. The van der Waals surface area contributed by atoms with Crippen LogP contribution in [0.15, 0.2) is 54.7 Å². The number of pyridine rings is 1. The molecule has 1 aliphatic heterocycles. The summed E-state index contributed by atoms with van der Waals surface area (Å²) in [5, 5.41) is 6.90. The van der Waals surface area contributed by atoms with Gasteiger partial charge in [0.1, 0.15) is 5.75 Å². The fraction of sp³-hybridized carbons (Fsp3) is 0.227. The Hall–Kier alpha value is -2.97. The van der Waals surface area contributed by atoms with E-state index in [-0.39, 0.29) is 18.0 Å². The monoisotopic (exact) mass is 438 g/mol. The molecule has 0 aliphatic carbocycles. The van der Waals surface area contributed by atoms with E-state index in [1.807, 2.05) is 36.4 Å². The van der Waals surface area contributed by atoms with Gasteiger partial charge in [0.25, 0.3) is 0 Å². The standard InChI is InChI=1S/C22H22N4O2S2/c1-13-7-10-19(30-13)21-20(16-6-4-5-11-23-16)25-22(29)26(21)15-8-9-18(28-3)17(12-15)24-14(2)27/h4-12,20-21H,1-3H3,(H,24,27)(H,25,29)/t20-,21-/m1/s1. The molecule has 0 unspecified atom stereocenters. The average Bonchev–Trinajstić information content (AvgIpc) is 3.31. The number of carbonyl (C=O) groups is 1. The Morgan fingerprint density at radius 3 is 2.73 bits per heavy atom. The summed E-state index contributed by atoms with van der Waals surface area (Å²) < 4.78 is 5.41. The number of thiocarbonyl (C=S) groups is 1. The van der Waals surface area contributed by atoms with Crippen LogP contribution < -0.4 is 20.3 Å². The van der Waals surface area contributed by atoms with Crippen LogP contribution in [0.1, 0.15) is 34.5 Å². The average molecular weight is 439 g/mol. The second-order valence-electron chi connectivity index (χ2n) is 7.01. The number of rotatable bonds is 5. The third-order valence-electron chi connectivity index (χ3n) is 4.92. The molecule has 0 spiro atoms. The van der Waals surface area contributed by atoms with Crippen molar-refractivity contribution >= 4 is 45.9 Å². The highest BCUT2D eigenvalue weighted by atomic mass is 32.1. The van der Waals surface area contributed by atoms with Crippen molar-refractivity contribution in [1.82, 2.24) is 10.3 Å². The Labute approximate surface area is 184 Å². The van der Waals surface area contributed by atoms with Crippen LogP contribution in [0.2, 0.25) is 0 Å². The van der Waals surface area contributed by atoms with Crippen molar-refractivity contribution in [3.63, 3.8) is 0 Å². The van der Waals surface area contributed by atoms with Gasteiger partial charge in [0.2, 0.25) is 5.91 Å². The lowest BCUT2D eigenvalue weighted by atomic mass is 10.0. The molecule has 0 saturated carbocycles. The van der Waals surface area contributed by atoms with Crippen LogP contribution in [0, 0.1) is 6.92 Å². The summed E-state index contributed by atoms with van der Waals surface area (Å²) in [4.78, 5) is 20.8. The van der Waals surface area contributed by atoms with Gasteiger partial charge >= 0.3 is 0 Å². The lowest BCUT2D eigenvalue weighted by Crippen LogP contribution is -2.29. The van der Waals surface area contributed by atoms with Gasteiger partial charge in [0.05, 0.1) is 30.6 Å². The third-order valence-corrected chi connectivity index (χ3v) is 6.31. The Kier molecular flexibility index (Phi) is 5.69. The molecular formula is C22H22N4O2S2.